The lowest BCUT2D eigenvalue weighted by Gasteiger charge is -2.30. The van der Waals surface area contributed by atoms with Gasteiger partial charge in [0.05, 0.1) is 5.92 Å². The van der Waals surface area contributed by atoms with Crippen LogP contribution < -0.4 is 0 Å². The zero-order chi connectivity index (χ0) is 6.15. The molecule has 1 aliphatic rings. The standard InChI is InChI=1S/C5H7BrO2/c1-3-4(2-6)8-5(3)7/h3-4H,2H2,1H3/t3-,4+/m0/s1. The second-order valence-corrected chi connectivity index (χ2v) is 2.57. The first-order valence-corrected chi connectivity index (χ1v) is 3.64. The molecule has 1 saturated heterocycles. The van der Waals surface area contributed by atoms with E-state index < -0.39 is 0 Å². The summed E-state index contributed by atoms with van der Waals surface area (Å²) < 4.78 is 4.71. The molecule has 0 aliphatic carbocycles. The van der Waals surface area contributed by atoms with Crippen LogP contribution in [0.3, 0.4) is 0 Å². The van der Waals surface area contributed by atoms with Crippen molar-refractivity contribution in [2.24, 2.45) is 5.92 Å². The van der Waals surface area contributed by atoms with Crippen LogP contribution in [0, 0.1) is 5.92 Å². The Labute approximate surface area is 56.3 Å². The van der Waals surface area contributed by atoms with Crippen molar-refractivity contribution in [3.8, 4) is 0 Å². The quantitative estimate of drug-likeness (QED) is 0.442. The molecule has 1 aliphatic heterocycles. The van der Waals surface area contributed by atoms with Crippen LogP contribution in [0.1, 0.15) is 6.92 Å². The van der Waals surface area contributed by atoms with E-state index in [9.17, 15) is 4.79 Å². The van der Waals surface area contributed by atoms with Crippen molar-refractivity contribution in [1.82, 2.24) is 0 Å². The number of rotatable bonds is 1. The summed E-state index contributed by atoms with van der Waals surface area (Å²) in [6.07, 6.45) is 0.127. The molecule has 2 nitrogen and oxygen atoms in total. The van der Waals surface area contributed by atoms with Crippen molar-refractivity contribution >= 4 is 21.9 Å². The summed E-state index contributed by atoms with van der Waals surface area (Å²) in [6, 6.07) is 0. The van der Waals surface area contributed by atoms with Crippen molar-refractivity contribution < 1.29 is 9.53 Å². The number of hydrogen-bond acceptors (Lipinski definition) is 2. The number of esters is 1. The molecule has 0 spiro atoms. The zero-order valence-electron chi connectivity index (χ0n) is 4.56. The predicted molar refractivity (Wildman–Crippen MR) is 32.8 cm³/mol. The molecule has 0 amide bonds. The first-order chi connectivity index (χ1) is 3.75. The van der Waals surface area contributed by atoms with Crippen LogP contribution in [0.2, 0.25) is 0 Å². The van der Waals surface area contributed by atoms with Crippen LogP contribution in [0.5, 0.6) is 0 Å². The Hall–Kier alpha value is -0.0500. The second-order valence-electron chi connectivity index (χ2n) is 1.92. The third-order valence-corrected chi connectivity index (χ3v) is 1.99. The van der Waals surface area contributed by atoms with E-state index in [1.807, 2.05) is 6.92 Å². The second kappa shape index (κ2) is 2.05. The smallest absolute Gasteiger partial charge is 0.312 e. The van der Waals surface area contributed by atoms with Gasteiger partial charge < -0.3 is 4.74 Å². The molecule has 1 heterocycles. The normalized spacial score (nSPS) is 36.0. The number of cyclic esters (lactones) is 1. The van der Waals surface area contributed by atoms with Crippen LogP contribution in [0.4, 0.5) is 0 Å². The molecule has 0 radical (unpaired) electrons. The SMILES string of the molecule is C[C@@H]1C(=O)O[C@@H]1CBr. The fraction of sp³-hybridized carbons (Fsp3) is 0.800. The van der Waals surface area contributed by atoms with E-state index >= 15 is 0 Å². The Morgan fingerprint density at radius 3 is 2.62 bits per heavy atom. The van der Waals surface area contributed by atoms with Crippen molar-refractivity contribution in [3.63, 3.8) is 0 Å². The molecular formula is C5H7BrO2. The zero-order valence-corrected chi connectivity index (χ0v) is 6.14. The summed E-state index contributed by atoms with van der Waals surface area (Å²) in [5.74, 6) is 0.0313. The van der Waals surface area contributed by atoms with Crippen molar-refractivity contribution in [2.45, 2.75) is 13.0 Å². The maximum atomic E-state index is 10.4. The van der Waals surface area contributed by atoms with Gasteiger partial charge in [-0.15, -0.1) is 0 Å². The molecule has 0 saturated carbocycles. The van der Waals surface area contributed by atoms with E-state index in [1.54, 1.807) is 0 Å². The molecule has 0 unspecified atom stereocenters. The number of hydrogen-bond donors (Lipinski definition) is 0. The van der Waals surface area contributed by atoms with Crippen molar-refractivity contribution in [3.05, 3.63) is 0 Å². The summed E-state index contributed by atoms with van der Waals surface area (Å²) in [5.41, 5.74) is 0. The summed E-state index contributed by atoms with van der Waals surface area (Å²) in [6.45, 7) is 1.87. The number of halogens is 1. The summed E-state index contributed by atoms with van der Waals surface area (Å²) in [4.78, 5) is 10.4. The van der Waals surface area contributed by atoms with E-state index in [2.05, 4.69) is 15.9 Å². The molecule has 1 rings (SSSR count). The molecule has 0 aromatic rings. The fourth-order valence-electron chi connectivity index (χ4n) is 0.603. The first kappa shape index (κ1) is 6.08. The average molecular weight is 179 g/mol. The van der Waals surface area contributed by atoms with Gasteiger partial charge in [0, 0.05) is 5.33 Å². The highest BCUT2D eigenvalue weighted by atomic mass is 79.9. The van der Waals surface area contributed by atoms with Crippen LogP contribution in [0.15, 0.2) is 0 Å². The summed E-state index contributed by atoms with van der Waals surface area (Å²) in [7, 11) is 0. The lowest BCUT2D eigenvalue weighted by atomic mass is 10.0. The maximum absolute atomic E-state index is 10.4. The first-order valence-electron chi connectivity index (χ1n) is 2.52. The largest absolute Gasteiger partial charge is 0.460 e. The van der Waals surface area contributed by atoms with Gasteiger partial charge in [0.2, 0.25) is 0 Å². The fourth-order valence-corrected chi connectivity index (χ4v) is 1.30. The molecule has 0 bridgehead atoms. The van der Waals surface area contributed by atoms with Crippen LogP contribution in [0.25, 0.3) is 0 Å². The number of carbonyl (C=O) groups is 1. The number of carbonyl (C=O) groups excluding carboxylic acids is 1. The highest BCUT2D eigenvalue weighted by Gasteiger charge is 2.37. The molecule has 2 atom stereocenters. The molecule has 8 heavy (non-hydrogen) atoms. The lowest BCUT2D eigenvalue weighted by molar-refractivity contribution is -0.179. The molecule has 1 fully saturated rings. The van der Waals surface area contributed by atoms with Gasteiger partial charge in [0.15, 0.2) is 0 Å². The molecule has 0 aromatic carbocycles. The minimum Gasteiger partial charge on any atom is -0.460 e. The lowest BCUT2D eigenvalue weighted by Crippen LogP contribution is -2.44. The van der Waals surface area contributed by atoms with E-state index in [1.165, 1.54) is 0 Å². The summed E-state index contributed by atoms with van der Waals surface area (Å²) >= 11 is 3.22. The van der Waals surface area contributed by atoms with Crippen molar-refractivity contribution in [2.75, 3.05) is 5.33 Å². The van der Waals surface area contributed by atoms with E-state index in [0.717, 1.165) is 5.33 Å². The van der Waals surface area contributed by atoms with Gasteiger partial charge in [-0.05, 0) is 6.92 Å². The van der Waals surface area contributed by atoms with Crippen LogP contribution in [-0.2, 0) is 9.53 Å². The van der Waals surface area contributed by atoms with Crippen molar-refractivity contribution in [1.29, 1.82) is 0 Å². The minimum atomic E-state index is -0.0746. The Balaban J connectivity index is 2.35. The van der Waals surface area contributed by atoms with Gasteiger partial charge in [0.25, 0.3) is 0 Å². The highest BCUT2D eigenvalue weighted by molar-refractivity contribution is 9.09. The number of alkyl halides is 1. The van der Waals surface area contributed by atoms with E-state index in [4.69, 9.17) is 4.74 Å². The minimum absolute atomic E-state index is 0.0746. The Morgan fingerprint density at radius 1 is 1.88 bits per heavy atom. The van der Waals surface area contributed by atoms with Gasteiger partial charge in [-0.25, -0.2) is 0 Å². The van der Waals surface area contributed by atoms with Gasteiger partial charge >= 0.3 is 5.97 Å². The molecule has 3 heteroatoms. The Morgan fingerprint density at radius 2 is 2.50 bits per heavy atom. The van der Waals surface area contributed by atoms with Gasteiger partial charge in [-0.3, -0.25) is 4.79 Å². The number of ether oxygens (including phenoxy) is 1. The van der Waals surface area contributed by atoms with Gasteiger partial charge in [0.1, 0.15) is 6.10 Å². The third kappa shape index (κ3) is 0.749. The Kier molecular flexibility index (Phi) is 1.56. The van der Waals surface area contributed by atoms with Crippen LogP contribution in [-0.4, -0.2) is 17.4 Å². The molecule has 0 N–H and O–H groups in total. The topological polar surface area (TPSA) is 26.3 Å². The Bertz CT molecular complexity index is 113. The van der Waals surface area contributed by atoms with E-state index in [-0.39, 0.29) is 18.0 Å². The molecule has 46 valence electrons. The van der Waals surface area contributed by atoms with E-state index in [0.29, 0.717) is 0 Å². The molecular weight excluding hydrogens is 172 g/mol. The monoisotopic (exact) mass is 178 g/mol. The third-order valence-electron chi connectivity index (χ3n) is 1.35. The van der Waals surface area contributed by atoms with Gasteiger partial charge in [-0.1, -0.05) is 15.9 Å². The average Bonchev–Trinajstić information content (AvgIpc) is 1.81. The summed E-state index contributed by atoms with van der Waals surface area (Å²) in [5, 5.41) is 0.764. The highest BCUT2D eigenvalue weighted by Crippen LogP contribution is 2.22. The predicted octanol–water partition coefficient (Wildman–Crippen LogP) is 0.943. The van der Waals surface area contributed by atoms with Gasteiger partial charge in [-0.2, -0.15) is 0 Å². The maximum Gasteiger partial charge on any atom is 0.312 e. The van der Waals surface area contributed by atoms with Crippen LogP contribution >= 0.6 is 15.9 Å². The molecule has 0 aromatic heterocycles.